The summed E-state index contributed by atoms with van der Waals surface area (Å²) in [6.45, 7) is 5.16. The van der Waals surface area contributed by atoms with Crippen molar-refractivity contribution in [2.45, 2.75) is 32.9 Å². The molecule has 0 aliphatic carbocycles. The zero-order valence-electron chi connectivity index (χ0n) is 15.5. The minimum Gasteiger partial charge on any atom is -0.424 e. The Balaban J connectivity index is 1.61. The van der Waals surface area contributed by atoms with Crippen LogP contribution in [-0.2, 0) is 13.0 Å². The quantitative estimate of drug-likeness (QED) is 0.645. The molecule has 3 rings (SSSR count). The monoisotopic (exact) mass is 348 g/mol. The highest BCUT2D eigenvalue weighted by molar-refractivity contribution is 5.30. The second-order valence-electron chi connectivity index (χ2n) is 6.57. The third kappa shape index (κ3) is 5.10. The standard InChI is InChI=1S/C21H24N4O/c1-16-8-11-22-19(12-16)13-17(2)25(3)15-18-6-4-7-20(14-18)26-21-23-9-5-10-24-21/h4-12,14,17H,13,15H2,1-3H3/t17-/m0/s1. The number of likely N-dealkylation sites (N-methyl/N-ethyl adjacent to an activating group) is 1. The van der Waals surface area contributed by atoms with E-state index in [1.165, 1.54) is 11.1 Å². The van der Waals surface area contributed by atoms with E-state index in [4.69, 9.17) is 4.74 Å². The molecule has 0 unspecified atom stereocenters. The Bertz CT molecular complexity index is 838. The number of ether oxygens (including phenoxy) is 1. The average molecular weight is 348 g/mol. The molecule has 2 heterocycles. The molecule has 26 heavy (non-hydrogen) atoms. The molecular formula is C21H24N4O. The fourth-order valence-corrected chi connectivity index (χ4v) is 2.76. The fraction of sp³-hybridized carbons (Fsp3) is 0.286. The zero-order valence-corrected chi connectivity index (χ0v) is 15.5. The lowest BCUT2D eigenvalue weighted by Gasteiger charge is -2.24. The molecule has 2 aromatic heterocycles. The lowest BCUT2D eigenvalue weighted by molar-refractivity contribution is 0.246. The Morgan fingerprint density at radius 2 is 1.81 bits per heavy atom. The van der Waals surface area contributed by atoms with Crippen LogP contribution in [0.4, 0.5) is 0 Å². The van der Waals surface area contributed by atoms with Gasteiger partial charge in [0.05, 0.1) is 0 Å². The first-order valence-electron chi connectivity index (χ1n) is 8.76. The van der Waals surface area contributed by atoms with Gasteiger partial charge in [0.15, 0.2) is 0 Å². The van der Waals surface area contributed by atoms with Crippen molar-refractivity contribution in [1.29, 1.82) is 0 Å². The lowest BCUT2D eigenvalue weighted by Crippen LogP contribution is -2.30. The van der Waals surface area contributed by atoms with E-state index >= 15 is 0 Å². The van der Waals surface area contributed by atoms with E-state index in [2.05, 4.69) is 52.9 Å². The van der Waals surface area contributed by atoms with Gasteiger partial charge in [0.1, 0.15) is 5.75 Å². The van der Waals surface area contributed by atoms with Gasteiger partial charge < -0.3 is 4.74 Å². The molecule has 0 bridgehead atoms. The number of benzene rings is 1. The average Bonchev–Trinajstić information content (AvgIpc) is 2.63. The molecule has 3 aromatic rings. The van der Waals surface area contributed by atoms with Gasteiger partial charge in [-0.25, -0.2) is 9.97 Å². The van der Waals surface area contributed by atoms with Gasteiger partial charge in [-0.2, -0.15) is 0 Å². The Morgan fingerprint density at radius 3 is 2.58 bits per heavy atom. The summed E-state index contributed by atoms with van der Waals surface area (Å²) in [7, 11) is 2.13. The molecule has 0 saturated heterocycles. The molecule has 0 fully saturated rings. The highest BCUT2D eigenvalue weighted by Gasteiger charge is 2.12. The van der Waals surface area contributed by atoms with Gasteiger partial charge in [0, 0.05) is 43.3 Å². The van der Waals surface area contributed by atoms with Crippen LogP contribution in [0.3, 0.4) is 0 Å². The van der Waals surface area contributed by atoms with E-state index in [0.717, 1.165) is 24.4 Å². The van der Waals surface area contributed by atoms with Crippen LogP contribution in [0.5, 0.6) is 11.8 Å². The van der Waals surface area contributed by atoms with E-state index in [9.17, 15) is 0 Å². The Morgan fingerprint density at radius 1 is 1.00 bits per heavy atom. The largest absolute Gasteiger partial charge is 0.424 e. The van der Waals surface area contributed by atoms with Crippen molar-refractivity contribution in [3.05, 3.63) is 77.9 Å². The molecule has 0 radical (unpaired) electrons. The van der Waals surface area contributed by atoms with Crippen LogP contribution in [0.15, 0.2) is 61.1 Å². The number of hydrogen-bond acceptors (Lipinski definition) is 5. The number of aromatic nitrogens is 3. The molecule has 5 nitrogen and oxygen atoms in total. The minimum atomic E-state index is 0.358. The fourth-order valence-electron chi connectivity index (χ4n) is 2.76. The predicted octanol–water partition coefficient (Wildman–Crippen LogP) is 4.04. The summed E-state index contributed by atoms with van der Waals surface area (Å²) in [6, 6.07) is 14.7. The van der Waals surface area contributed by atoms with Crippen LogP contribution in [0.1, 0.15) is 23.7 Å². The maximum Gasteiger partial charge on any atom is 0.321 e. The van der Waals surface area contributed by atoms with E-state index in [-0.39, 0.29) is 0 Å². The van der Waals surface area contributed by atoms with Crippen molar-refractivity contribution in [3.63, 3.8) is 0 Å². The summed E-state index contributed by atoms with van der Waals surface area (Å²) in [5.41, 5.74) is 3.56. The van der Waals surface area contributed by atoms with Crippen molar-refractivity contribution in [1.82, 2.24) is 19.9 Å². The topological polar surface area (TPSA) is 51.1 Å². The molecule has 0 aliphatic rings. The summed E-state index contributed by atoms with van der Waals surface area (Å²) < 4.78 is 5.72. The van der Waals surface area contributed by atoms with Crippen LogP contribution in [0.25, 0.3) is 0 Å². The third-order valence-electron chi connectivity index (χ3n) is 4.31. The normalized spacial score (nSPS) is 12.2. The van der Waals surface area contributed by atoms with Crippen LogP contribution in [-0.4, -0.2) is 32.9 Å². The van der Waals surface area contributed by atoms with Gasteiger partial charge >= 0.3 is 6.01 Å². The first-order chi connectivity index (χ1) is 12.6. The second-order valence-corrected chi connectivity index (χ2v) is 6.57. The van der Waals surface area contributed by atoms with E-state index in [0.29, 0.717) is 12.1 Å². The maximum absolute atomic E-state index is 5.72. The first kappa shape index (κ1) is 18.0. The van der Waals surface area contributed by atoms with Crippen molar-refractivity contribution in [2.75, 3.05) is 7.05 Å². The zero-order chi connectivity index (χ0) is 18.4. The molecule has 1 atom stereocenters. The summed E-state index contributed by atoms with van der Waals surface area (Å²) in [5.74, 6) is 0.745. The number of nitrogens with zero attached hydrogens (tertiary/aromatic N) is 4. The summed E-state index contributed by atoms with van der Waals surface area (Å²) >= 11 is 0. The molecule has 0 saturated carbocycles. The predicted molar refractivity (Wildman–Crippen MR) is 102 cm³/mol. The number of hydrogen-bond donors (Lipinski definition) is 0. The SMILES string of the molecule is Cc1ccnc(C[C@H](C)N(C)Cc2cccc(Oc3ncccn3)c2)c1. The van der Waals surface area contributed by atoms with E-state index in [1.807, 2.05) is 30.5 Å². The molecule has 0 aliphatic heterocycles. The molecule has 0 amide bonds. The molecule has 0 N–H and O–H groups in total. The summed E-state index contributed by atoms with van der Waals surface area (Å²) in [5, 5.41) is 0. The Labute approximate surface area is 154 Å². The van der Waals surface area contributed by atoms with Crippen molar-refractivity contribution < 1.29 is 4.74 Å². The van der Waals surface area contributed by atoms with Gasteiger partial charge in [0.2, 0.25) is 0 Å². The molecule has 0 spiro atoms. The summed E-state index contributed by atoms with van der Waals surface area (Å²) in [6.07, 6.45) is 6.14. The van der Waals surface area contributed by atoms with E-state index in [1.54, 1.807) is 18.5 Å². The van der Waals surface area contributed by atoms with Crippen LogP contribution in [0.2, 0.25) is 0 Å². The molecule has 1 aromatic carbocycles. The molecular weight excluding hydrogens is 324 g/mol. The number of aryl methyl sites for hydroxylation is 1. The maximum atomic E-state index is 5.72. The van der Waals surface area contributed by atoms with E-state index < -0.39 is 0 Å². The van der Waals surface area contributed by atoms with Crippen molar-refractivity contribution >= 4 is 0 Å². The first-order valence-corrected chi connectivity index (χ1v) is 8.76. The lowest BCUT2D eigenvalue weighted by atomic mass is 10.1. The van der Waals surface area contributed by atoms with Gasteiger partial charge in [-0.15, -0.1) is 0 Å². The van der Waals surface area contributed by atoms with Gasteiger partial charge in [0.25, 0.3) is 0 Å². The highest BCUT2D eigenvalue weighted by Crippen LogP contribution is 2.20. The highest BCUT2D eigenvalue weighted by atomic mass is 16.5. The Hall–Kier alpha value is -2.79. The second kappa shape index (κ2) is 8.54. The van der Waals surface area contributed by atoms with Crippen molar-refractivity contribution in [3.8, 4) is 11.8 Å². The van der Waals surface area contributed by atoms with Crippen LogP contribution >= 0.6 is 0 Å². The molecule has 134 valence electrons. The minimum absolute atomic E-state index is 0.358. The van der Waals surface area contributed by atoms with Crippen molar-refractivity contribution in [2.24, 2.45) is 0 Å². The smallest absolute Gasteiger partial charge is 0.321 e. The Kier molecular flexibility index (Phi) is 5.92. The molecule has 5 heteroatoms. The van der Waals surface area contributed by atoms with Gasteiger partial charge in [-0.05, 0) is 62.4 Å². The third-order valence-corrected chi connectivity index (χ3v) is 4.31. The summed E-state index contributed by atoms with van der Waals surface area (Å²) in [4.78, 5) is 15.0. The number of pyridine rings is 1. The van der Waals surface area contributed by atoms with Crippen LogP contribution in [0, 0.1) is 6.92 Å². The van der Waals surface area contributed by atoms with Gasteiger partial charge in [-0.1, -0.05) is 12.1 Å². The van der Waals surface area contributed by atoms with Gasteiger partial charge in [-0.3, -0.25) is 9.88 Å². The number of rotatable bonds is 7. The van der Waals surface area contributed by atoms with Crippen LogP contribution < -0.4 is 4.74 Å².